The van der Waals surface area contributed by atoms with Crippen molar-refractivity contribution in [2.75, 3.05) is 0 Å². The summed E-state index contributed by atoms with van der Waals surface area (Å²) >= 11 is 0. The molecular formula is C25H35NO6. The summed E-state index contributed by atoms with van der Waals surface area (Å²) in [5.41, 5.74) is -1.15. The maximum atomic E-state index is 13.9. The number of hydrogen-bond donors (Lipinski definition) is 3. The second-order valence-corrected chi connectivity index (χ2v) is 10.3. The summed E-state index contributed by atoms with van der Waals surface area (Å²) in [6.45, 7) is 9.33. The van der Waals surface area contributed by atoms with E-state index in [1.807, 2.05) is 19.9 Å². The first-order valence-electron chi connectivity index (χ1n) is 11.5. The van der Waals surface area contributed by atoms with Crippen molar-refractivity contribution in [3.63, 3.8) is 0 Å². The van der Waals surface area contributed by atoms with Crippen molar-refractivity contribution >= 4 is 23.4 Å². The van der Waals surface area contributed by atoms with Gasteiger partial charge in [-0.3, -0.25) is 14.4 Å². The molecule has 1 heterocycles. The molecule has 1 aliphatic heterocycles. The maximum Gasteiger partial charge on any atom is 0.335 e. The van der Waals surface area contributed by atoms with Crippen LogP contribution in [0.1, 0.15) is 53.9 Å². The Balaban J connectivity index is 1.94. The summed E-state index contributed by atoms with van der Waals surface area (Å²) in [5.74, 6) is -4.21. The van der Waals surface area contributed by atoms with Gasteiger partial charge < -0.3 is 15.5 Å². The van der Waals surface area contributed by atoms with E-state index in [0.717, 1.165) is 25.3 Å². The van der Waals surface area contributed by atoms with Crippen LogP contribution in [-0.2, 0) is 19.2 Å². The van der Waals surface area contributed by atoms with Crippen molar-refractivity contribution in [1.82, 2.24) is 5.32 Å². The van der Waals surface area contributed by atoms with Crippen LogP contribution in [-0.4, -0.2) is 45.3 Å². The molecule has 3 N–H and O–H groups in total. The van der Waals surface area contributed by atoms with Gasteiger partial charge >= 0.3 is 5.97 Å². The number of ketones is 2. The minimum atomic E-state index is -2.18. The van der Waals surface area contributed by atoms with E-state index in [1.54, 1.807) is 0 Å². The highest BCUT2D eigenvalue weighted by Gasteiger charge is 2.54. The monoisotopic (exact) mass is 445 g/mol. The lowest BCUT2D eigenvalue weighted by molar-refractivity contribution is -0.158. The summed E-state index contributed by atoms with van der Waals surface area (Å²) in [7, 11) is 0. The predicted molar refractivity (Wildman–Crippen MR) is 118 cm³/mol. The molecule has 7 heteroatoms. The van der Waals surface area contributed by atoms with E-state index in [4.69, 9.17) is 0 Å². The van der Waals surface area contributed by atoms with Crippen LogP contribution in [0.4, 0.5) is 0 Å². The second kappa shape index (κ2) is 8.93. The molecule has 3 aliphatic rings. The maximum absolute atomic E-state index is 13.9. The van der Waals surface area contributed by atoms with Crippen LogP contribution in [0.25, 0.3) is 0 Å². The number of nitrogens with one attached hydrogen (secondary N) is 1. The normalized spacial score (nSPS) is 39.2. The van der Waals surface area contributed by atoms with Crippen LogP contribution in [0.3, 0.4) is 0 Å². The van der Waals surface area contributed by atoms with Crippen LogP contribution in [0, 0.1) is 41.4 Å². The number of hydrogen-bond acceptors (Lipinski definition) is 5. The third kappa shape index (κ3) is 4.32. The number of fused-ring (bicyclic) bond motifs is 1. The summed E-state index contributed by atoms with van der Waals surface area (Å²) in [4.78, 5) is 51.0. The highest BCUT2D eigenvalue weighted by Crippen LogP contribution is 2.50. The van der Waals surface area contributed by atoms with Gasteiger partial charge in [-0.2, -0.15) is 0 Å². The molecule has 0 radical (unpaired) electrons. The smallest absolute Gasteiger partial charge is 0.335 e. The number of carbonyl (C=O) groups excluding carboxylic acids is 3. The summed E-state index contributed by atoms with van der Waals surface area (Å²) < 4.78 is 0. The van der Waals surface area contributed by atoms with Gasteiger partial charge in [-0.25, -0.2) is 4.79 Å². The van der Waals surface area contributed by atoms with Gasteiger partial charge in [-0.05, 0) is 57.3 Å². The highest BCUT2D eigenvalue weighted by molar-refractivity contribution is 6.25. The fourth-order valence-electron chi connectivity index (χ4n) is 6.13. The number of carboxylic acids is 1. The number of aliphatic carboxylic acids is 1. The number of rotatable bonds is 6. The van der Waals surface area contributed by atoms with E-state index in [9.17, 15) is 29.4 Å². The Hall–Kier alpha value is -2.28. The molecule has 32 heavy (non-hydrogen) atoms. The molecule has 1 saturated heterocycles. The van der Waals surface area contributed by atoms with Crippen molar-refractivity contribution in [3.8, 4) is 0 Å². The molecule has 0 aromatic carbocycles. The van der Waals surface area contributed by atoms with Crippen LogP contribution in [0.2, 0.25) is 0 Å². The molecule has 7 nitrogen and oxygen atoms in total. The zero-order valence-corrected chi connectivity index (χ0v) is 19.5. The lowest BCUT2D eigenvalue weighted by Gasteiger charge is -2.47. The molecule has 0 aromatic rings. The SMILES string of the molecule is C/C=C(\C)[C@H]1C=C[C@H]2C[C@H](C)C[C@H](C)[C@@H]2[C@@H]1C(=O)[C@H]1C(=O)N[C@@H](C[C@](C)(O)C(=O)O)C1=O. The molecule has 9 atom stereocenters. The van der Waals surface area contributed by atoms with Crippen molar-refractivity contribution in [2.24, 2.45) is 41.4 Å². The van der Waals surface area contributed by atoms with Crippen molar-refractivity contribution < 1.29 is 29.4 Å². The summed E-state index contributed by atoms with van der Waals surface area (Å²) in [6, 6.07) is -1.19. The van der Waals surface area contributed by atoms with E-state index < -0.39 is 47.6 Å². The van der Waals surface area contributed by atoms with E-state index >= 15 is 0 Å². The number of carboxylic acid groups (broad SMARTS) is 1. The topological polar surface area (TPSA) is 121 Å². The van der Waals surface area contributed by atoms with Crippen LogP contribution >= 0.6 is 0 Å². The molecule has 1 saturated carbocycles. The standard InChI is InChI=1S/C25H35NO6/c1-6-13(3)16-8-7-15-10-12(2)9-14(4)18(15)19(16)22(28)20-21(27)17(26-23(20)29)11-25(5,32)24(30)31/h6-8,12,14-20,32H,9-11H2,1-5H3,(H,26,29)(H,30,31)/b13-6+/t12-,14+,15+,16-,17+,18+,19-,20+,25+/m1/s1. The summed E-state index contributed by atoms with van der Waals surface area (Å²) in [6.07, 6.45) is 7.74. The Morgan fingerprint density at radius 1 is 1.22 bits per heavy atom. The quantitative estimate of drug-likeness (QED) is 0.427. The van der Waals surface area contributed by atoms with E-state index in [2.05, 4.69) is 31.3 Å². The third-order valence-electron chi connectivity index (χ3n) is 7.83. The van der Waals surface area contributed by atoms with Gasteiger partial charge in [0, 0.05) is 18.3 Å². The molecule has 3 rings (SSSR count). The Morgan fingerprint density at radius 3 is 2.47 bits per heavy atom. The Labute approximate surface area is 189 Å². The van der Waals surface area contributed by atoms with Crippen molar-refractivity contribution in [2.45, 2.75) is 65.5 Å². The van der Waals surface area contributed by atoms with Gasteiger partial charge in [0.05, 0.1) is 6.04 Å². The molecule has 176 valence electrons. The van der Waals surface area contributed by atoms with Gasteiger partial charge in [0.1, 0.15) is 0 Å². The molecule has 1 amide bonds. The fourth-order valence-corrected chi connectivity index (χ4v) is 6.13. The summed E-state index contributed by atoms with van der Waals surface area (Å²) in [5, 5.41) is 21.7. The number of Topliss-reactive ketones (excluding diaryl/α,β-unsaturated/α-hetero) is 2. The third-order valence-corrected chi connectivity index (χ3v) is 7.83. The van der Waals surface area contributed by atoms with Crippen LogP contribution in [0.15, 0.2) is 23.8 Å². The van der Waals surface area contributed by atoms with Crippen LogP contribution in [0.5, 0.6) is 0 Å². The lowest BCUT2D eigenvalue weighted by atomic mass is 9.56. The Kier molecular flexibility index (Phi) is 6.80. The first kappa shape index (κ1) is 24.4. The number of aliphatic hydroxyl groups is 1. The van der Waals surface area contributed by atoms with Gasteiger partial charge in [-0.15, -0.1) is 0 Å². The molecule has 0 bridgehead atoms. The van der Waals surface area contributed by atoms with Gasteiger partial charge in [-0.1, -0.05) is 37.6 Å². The van der Waals surface area contributed by atoms with Gasteiger partial charge in [0.25, 0.3) is 0 Å². The zero-order chi connectivity index (χ0) is 24.0. The molecule has 2 aliphatic carbocycles. The number of amides is 1. The minimum absolute atomic E-state index is 0.0466. The van der Waals surface area contributed by atoms with Crippen molar-refractivity contribution in [3.05, 3.63) is 23.8 Å². The second-order valence-electron chi connectivity index (χ2n) is 10.3. The van der Waals surface area contributed by atoms with Crippen molar-refractivity contribution in [1.29, 1.82) is 0 Å². The zero-order valence-electron chi connectivity index (χ0n) is 19.5. The number of carbonyl (C=O) groups is 4. The molecule has 0 unspecified atom stereocenters. The Morgan fingerprint density at radius 2 is 1.88 bits per heavy atom. The Bertz CT molecular complexity index is 872. The molecule has 0 aromatic heterocycles. The predicted octanol–water partition coefficient (Wildman–Crippen LogP) is 2.53. The minimum Gasteiger partial charge on any atom is -0.479 e. The molecule has 0 spiro atoms. The van der Waals surface area contributed by atoms with Crippen LogP contribution < -0.4 is 5.32 Å². The highest BCUT2D eigenvalue weighted by atomic mass is 16.4. The van der Waals surface area contributed by atoms with Gasteiger partial charge in [0.2, 0.25) is 5.91 Å². The van der Waals surface area contributed by atoms with Gasteiger partial charge in [0.15, 0.2) is 23.1 Å². The fraction of sp³-hybridized carbons (Fsp3) is 0.680. The largest absolute Gasteiger partial charge is 0.479 e. The van der Waals surface area contributed by atoms with E-state index in [0.29, 0.717) is 5.92 Å². The van der Waals surface area contributed by atoms with E-state index in [1.165, 1.54) is 0 Å². The van der Waals surface area contributed by atoms with E-state index in [-0.39, 0.29) is 29.5 Å². The average molecular weight is 446 g/mol. The lowest BCUT2D eigenvalue weighted by Crippen LogP contribution is -2.48. The first-order chi connectivity index (χ1) is 14.9. The molecule has 2 fully saturated rings. The number of allylic oxidation sites excluding steroid dienone is 4. The molecular weight excluding hydrogens is 410 g/mol. The average Bonchev–Trinajstić information content (AvgIpc) is 2.98. The first-order valence-corrected chi connectivity index (χ1v) is 11.5.